The Labute approximate surface area is 300 Å². The molecule has 3 fully saturated rings. The van der Waals surface area contributed by atoms with Gasteiger partial charge in [0.2, 0.25) is 17.7 Å². The highest BCUT2D eigenvalue weighted by Crippen LogP contribution is 2.58. The Bertz CT molecular complexity index is 1780. The van der Waals surface area contributed by atoms with Crippen LogP contribution in [0.4, 0.5) is 0 Å². The maximum atomic E-state index is 14.5. The lowest BCUT2D eigenvalue weighted by molar-refractivity contribution is -0.161. The molecule has 0 bridgehead atoms. The summed E-state index contributed by atoms with van der Waals surface area (Å²) in [7, 11) is -2.77. The van der Waals surface area contributed by atoms with Gasteiger partial charge in [-0.25, -0.2) is 9.71 Å². The van der Waals surface area contributed by atoms with Crippen molar-refractivity contribution in [2.75, 3.05) is 13.7 Å². The third-order valence-corrected chi connectivity index (χ3v) is 10.9. The first-order chi connectivity index (χ1) is 23.7. The molecule has 0 spiro atoms. The van der Waals surface area contributed by atoms with Crippen LogP contribution < -0.4 is 14.2 Å². The molecule has 3 aliphatic rings. The number of likely N-dealkylation sites (tertiary alicyclic amines) is 1. The number of nitrogens with zero attached hydrogens (tertiary/aromatic N) is 2. The van der Waals surface area contributed by atoms with Crippen LogP contribution in [0, 0.1) is 22.7 Å². The van der Waals surface area contributed by atoms with Crippen molar-refractivity contribution >= 4 is 44.6 Å². The molecule has 0 unspecified atom stereocenters. The van der Waals surface area contributed by atoms with E-state index in [0.29, 0.717) is 37.3 Å². The van der Waals surface area contributed by atoms with E-state index in [1.54, 1.807) is 40.1 Å². The molecule has 2 aromatic rings. The third-order valence-electron chi connectivity index (χ3n) is 9.94. The van der Waals surface area contributed by atoms with Crippen molar-refractivity contribution in [2.24, 2.45) is 22.7 Å². The molecule has 2 heterocycles. The number of ether oxygens (including phenoxy) is 3. The summed E-state index contributed by atoms with van der Waals surface area (Å²) >= 11 is 0. The Morgan fingerprint density at radius 2 is 1.76 bits per heavy atom. The Balaban J connectivity index is 1.43. The van der Waals surface area contributed by atoms with Gasteiger partial charge in [0.25, 0.3) is 0 Å². The molecule has 2 amide bonds. The van der Waals surface area contributed by atoms with Crippen LogP contribution >= 0.6 is 0 Å². The van der Waals surface area contributed by atoms with Crippen LogP contribution in [0.2, 0.25) is 0 Å². The lowest BCUT2D eigenvalue weighted by Gasteiger charge is -2.35. The fraction of sp³-hybridized carbons (Fsp3) is 0.649. The molecular formula is C37H51N3O10S. The van der Waals surface area contributed by atoms with Crippen LogP contribution in [0.15, 0.2) is 30.5 Å². The summed E-state index contributed by atoms with van der Waals surface area (Å²) in [6.07, 6.45) is 2.23. The number of fused-ring (bicyclic) bond motifs is 1. The van der Waals surface area contributed by atoms with E-state index in [9.17, 15) is 27.6 Å². The van der Waals surface area contributed by atoms with Gasteiger partial charge in [0.15, 0.2) is 5.78 Å². The van der Waals surface area contributed by atoms with Gasteiger partial charge in [-0.15, -0.1) is 0 Å². The van der Waals surface area contributed by atoms with Gasteiger partial charge in [0, 0.05) is 24.4 Å². The van der Waals surface area contributed by atoms with Gasteiger partial charge in [-0.05, 0) is 81.0 Å². The van der Waals surface area contributed by atoms with Crippen LogP contribution in [0.1, 0.15) is 93.4 Å². The minimum absolute atomic E-state index is 0.0321. The SMILES string of the molecule is CC[C@@H]1C[C@]1(CC(=O)[C@@H]1C[C@@H](Oc2nccc3cc(OC)ccc23)CN1C(=O)[C@@H](CC(=O)OC(C)(C)C)C(C)(C)C)C(=O)NS(=O)(=O)OC1CC1. The minimum atomic E-state index is -4.34. The van der Waals surface area contributed by atoms with Crippen molar-refractivity contribution in [1.29, 1.82) is 0 Å². The second-order valence-electron chi connectivity index (χ2n) is 16.2. The smallest absolute Gasteiger partial charge is 0.362 e. The summed E-state index contributed by atoms with van der Waals surface area (Å²) < 4.78 is 49.6. The van der Waals surface area contributed by atoms with Gasteiger partial charge in [-0.2, -0.15) is 8.42 Å². The molecule has 51 heavy (non-hydrogen) atoms. The zero-order valence-corrected chi connectivity index (χ0v) is 31.6. The monoisotopic (exact) mass is 729 g/mol. The van der Waals surface area contributed by atoms with Crippen molar-refractivity contribution in [3.8, 4) is 11.6 Å². The van der Waals surface area contributed by atoms with Gasteiger partial charge in [0.1, 0.15) is 17.5 Å². The Morgan fingerprint density at radius 3 is 2.35 bits per heavy atom. The van der Waals surface area contributed by atoms with Crippen molar-refractivity contribution in [3.05, 3.63) is 30.5 Å². The number of pyridine rings is 1. The number of ketones is 1. The Morgan fingerprint density at radius 1 is 1.06 bits per heavy atom. The molecule has 1 aromatic carbocycles. The fourth-order valence-electron chi connectivity index (χ4n) is 6.95. The highest BCUT2D eigenvalue weighted by atomic mass is 32.2. The molecule has 1 saturated heterocycles. The summed E-state index contributed by atoms with van der Waals surface area (Å²) in [5, 5.41) is 1.55. The Hall–Kier alpha value is -3.78. The number of esters is 1. The second-order valence-corrected chi connectivity index (χ2v) is 17.5. The summed E-state index contributed by atoms with van der Waals surface area (Å²) in [6, 6.07) is 6.30. The molecule has 0 radical (unpaired) electrons. The first kappa shape index (κ1) is 38.5. The van der Waals surface area contributed by atoms with Crippen molar-refractivity contribution in [1.82, 2.24) is 14.6 Å². The van der Waals surface area contributed by atoms with E-state index in [-0.39, 0.29) is 37.5 Å². The summed E-state index contributed by atoms with van der Waals surface area (Å²) in [4.78, 5) is 61.4. The number of methoxy groups -OCH3 is 1. The van der Waals surface area contributed by atoms with E-state index in [4.69, 9.17) is 18.4 Å². The van der Waals surface area contributed by atoms with Crippen molar-refractivity contribution < 1.29 is 46.0 Å². The number of benzene rings is 1. The lowest BCUT2D eigenvalue weighted by Crippen LogP contribution is -2.48. The standard InChI is InChI=1S/C37H51N3O10S/c1-9-23-19-37(23,34(44)39-51(45,46)50-24-10-11-24)20-30(41)29-17-26(48-32-27-13-12-25(47-8)16-22(27)14-15-38-32)21-40(29)33(43)28(35(2,3)4)18-31(42)49-36(5,6)7/h12-16,23-24,26,28-29H,9-11,17-21H2,1-8H3,(H,39,44)/t23-,26-,28-,29+,37-/m1/s1. The van der Waals surface area contributed by atoms with E-state index in [2.05, 4.69) is 9.71 Å². The van der Waals surface area contributed by atoms with Crippen LogP contribution in [0.5, 0.6) is 11.6 Å². The number of hydrogen-bond donors (Lipinski definition) is 1. The van der Waals surface area contributed by atoms with Crippen molar-refractivity contribution in [2.45, 2.75) is 117 Å². The van der Waals surface area contributed by atoms with Gasteiger partial charge >= 0.3 is 16.3 Å². The molecule has 1 N–H and O–H groups in total. The molecule has 5 atom stereocenters. The average Bonchev–Trinajstić information content (AvgIpc) is 3.94. The van der Waals surface area contributed by atoms with E-state index >= 15 is 0 Å². The van der Waals surface area contributed by atoms with E-state index in [0.717, 1.165) is 10.8 Å². The van der Waals surface area contributed by atoms with Crippen molar-refractivity contribution in [3.63, 3.8) is 0 Å². The molecule has 14 heteroatoms. The number of carbonyl (C=O) groups is 4. The average molecular weight is 730 g/mol. The van der Waals surface area contributed by atoms with Gasteiger partial charge in [-0.1, -0.05) is 34.1 Å². The number of rotatable bonds is 14. The normalized spacial score (nSPS) is 24.2. The lowest BCUT2D eigenvalue weighted by atomic mass is 9.77. The first-order valence-electron chi connectivity index (χ1n) is 17.6. The Kier molecular flexibility index (Phi) is 10.8. The van der Waals surface area contributed by atoms with Crippen LogP contribution in [-0.4, -0.2) is 79.4 Å². The zero-order chi connectivity index (χ0) is 37.5. The van der Waals surface area contributed by atoms with Crippen LogP contribution in [0.3, 0.4) is 0 Å². The maximum absolute atomic E-state index is 14.5. The van der Waals surface area contributed by atoms with E-state index < -0.39 is 68.7 Å². The van der Waals surface area contributed by atoms with Crippen LogP contribution in [0.25, 0.3) is 10.8 Å². The topological polar surface area (TPSA) is 168 Å². The third kappa shape index (κ3) is 9.18. The molecule has 2 saturated carbocycles. The maximum Gasteiger partial charge on any atom is 0.362 e. The fourth-order valence-corrected chi connectivity index (χ4v) is 7.98. The second kappa shape index (κ2) is 14.3. The predicted octanol–water partition coefficient (Wildman–Crippen LogP) is 4.90. The van der Waals surface area contributed by atoms with Gasteiger partial charge < -0.3 is 19.1 Å². The highest BCUT2D eigenvalue weighted by Gasteiger charge is 2.61. The number of hydrogen-bond acceptors (Lipinski definition) is 11. The predicted molar refractivity (Wildman–Crippen MR) is 188 cm³/mol. The molecule has 2 aliphatic carbocycles. The molecular weight excluding hydrogens is 678 g/mol. The molecule has 1 aliphatic heterocycles. The summed E-state index contributed by atoms with van der Waals surface area (Å²) in [6.45, 7) is 12.7. The minimum Gasteiger partial charge on any atom is -0.497 e. The molecule has 280 valence electrons. The van der Waals surface area contributed by atoms with Crippen LogP contribution in [-0.2, 0) is 38.4 Å². The van der Waals surface area contributed by atoms with E-state index in [1.165, 1.54) is 4.90 Å². The van der Waals surface area contributed by atoms with Gasteiger partial charge in [0.05, 0.1) is 43.6 Å². The summed E-state index contributed by atoms with van der Waals surface area (Å²) in [5.74, 6) is -2.17. The number of aromatic nitrogens is 1. The van der Waals surface area contributed by atoms with Gasteiger partial charge in [-0.3, -0.25) is 23.4 Å². The highest BCUT2D eigenvalue weighted by molar-refractivity contribution is 7.85. The zero-order valence-electron chi connectivity index (χ0n) is 30.8. The molecule has 5 rings (SSSR count). The largest absolute Gasteiger partial charge is 0.497 e. The molecule has 13 nitrogen and oxygen atoms in total. The summed E-state index contributed by atoms with van der Waals surface area (Å²) in [5.41, 5.74) is -2.69. The first-order valence-corrected chi connectivity index (χ1v) is 19.1. The number of amides is 2. The number of carbonyl (C=O) groups excluding carboxylic acids is 4. The molecule has 1 aromatic heterocycles. The number of nitrogens with one attached hydrogen (secondary N) is 1. The quantitative estimate of drug-likeness (QED) is 0.263. The number of Topliss-reactive ketones (excluding diaryl/α,β-unsaturated/α-hetero) is 1. The van der Waals surface area contributed by atoms with E-state index in [1.807, 2.05) is 45.9 Å².